The van der Waals surface area contributed by atoms with Crippen molar-refractivity contribution in [2.75, 3.05) is 13.1 Å². The molecule has 1 N–H and O–H groups in total. The maximum absolute atomic E-state index is 11.5. The topological polar surface area (TPSA) is 32.3 Å². The zero-order chi connectivity index (χ0) is 11.8. The van der Waals surface area contributed by atoms with Crippen LogP contribution in [0.3, 0.4) is 0 Å². The van der Waals surface area contributed by atoms with E-state index in [9.17, 15) is 4.79 Å². The normalized spacial score (nSPS) is 20.2. The van der Waals surface area contributed by atoms with Crippen molar-refractivity contribution in [3.05, 3.63) is 0 Å². The van der Waals surface area contributed by atoms with Crippen LogP contribution in [-0.2, 0) is 0 Å². The third-order valence-electron chi connectivity index (χ3n) is 3.41. The molecular formula is C13H26N2O. The van der Waals surface area contributed by atoms with Gasteiger partial charge in [0.1, 0.15) is 0 Å². The zero-order valence-electron chi connectivity index (χ0n) is 10.8. The summed E-state index contributed by atoms with van der Waals surface area (Å²) in [7, 11) is 0. The summed E-state index contributed by atoms with van der Waals surface area (Å²) in [6.07, 6.45) is 8.80. The second-order valence-corrected chi connectivity index (χ2v) is 4.71. The molecule has 0 radical (unpaired) electrons. The molecule has 0 aromatic heterocycles. The van der Waals surface area contributed by atoms with E-state index in [-0.39, 0.29) is 6.03 Å². The number of carbonyl (C=O) groups excluding carboxylic acids is 1. The van der Waals surface area contributed by atoms with Crippen molar-refractivity contribution in [3.63, 3.8) is 0 Å². The third-order valence-corrected chi connectivity index (χ3v) is 3.41. The summed E-state index contributed by atoms with van der Waals surface area (Å²) in [5, 5.41) is 2.92. The van der Waals surface area contributed by atoms with E-state index in [1.165, 1.54) is 32.1 Å². The van der Waals surface area contributed by atoms with Gasteiger partial charge >= 0.3 is 6.03 Å². The predicted molar refractivity (Wildman–Crippen MR) is 67.6 cm³/mol. The van der Waals surface area contributed by atoms with Crippen LogP contribution in [-0.4, -0.2) is 30.1 Å². The minimum absolute atomic E-state index is 0.139. The quantitative estimate of drug-likeness (QED) is 0.634. The van der Waals surface area contributed by atoms with Gasteiger partial charge in [-0.2, -0.15) is 0 Å². The number of hydrogen-bond acceptors (Lipinski definition) is 1. The molecule has 0 spiro atoms. The summed E-state index contributed by atoms with van der Waals surface area (Å²) in [6.45, 7) is 6.17. The van der Waals surface area contributed by atoms with E-state index in [1.807, 2.05) is 4.90 Å². The second kappa shape index (κ2) is 7.53. The highest BCUT2D eigenvalue weighted by Gasteiger charge is 2.28. The Hall–Kier alpha value is -0.730. The standard InChI is InChI=1S/C13H26N2O/c1-3-5-6-7-8-9-10-15-12(4-2)11-14-13(15)16/h12H,3-11H2,1-2H3,(H,14,16). The van der Waals surface area contributed by atoms with Gasteiger partial charge in [0.05, 0.1) is 6.04 Å². The number of rotatable bonds is 8. The zero-order valence-corrected chi connectivity index (χ0v) is 10.8. The number of nitrogens with one attached hydrogen (secondary N) is 1. The Labute approximate surface area is 99.6 Å². The van der Waals surface area contributed by atoms with Crippen LogP contribution in [0.1, 0.15) is 58.8 Å². The maximum Gasteiger partial charge on any atom is 0.317 e. The summed E-state index contributed by atoms with van der Waals surface area (Å²) >= 11 is 0. The van der Waals surface area contributed by atoms with Crippen molar-refractivity contribution >= 4 is 6.03 Å². The van der Waals surface area contributed by atoms with Crippen LogP contribution in [0.25, 0.3) is 0 Å². The molecule has 1 rings (SSSR count). The first-order chi connectivity index (χ1) is 7.79. The fourth-order valence-electron chi connectivity index (χ4n) is 2.29. The van der Waals surface area contributed by atoms with Gasteiger partial charge in [0.2, 0.25) is 0 Å². The van der Waals surface area contributed by atoms with E-state index in [4.69, 9.17) is 0 Å². The predicted octanol–water partition coefficient (Wildman–Crippen LogP) is 3.15. The molecule has 3 heteroatoms. The van der Waals surface area contributed by atoms with E-state index < -0.39 is 0 Å². The Bertz CT molecular complexity index is 206. The smallest absolute Gasteiger partial charge is 0.317 e. The summed E-state index contributed by atoms with van der Waals surface area (Å²) < 4.78 is 0. The molecule has 0 saturated carbocycles. The van der Waals surface area contributed by atoms with Gasteiger partial charge < -0.3 is 10.2 Å². The first kappa shape index (κ1) is 13.3. The van der Waals surface area contributed by atoms with Crippen LogP contribution in [0.15, 0.2) is 0 Å². The van der Waals surface area contributed by atoms with Crippen molar-refractivity contribution in [3.8, 4) is 0 Å². The van der Waals surface area contributed by atoms with Crippen LogP contribution >= 0.6 is 0 Å². The highest BCUT2D eigenvalue weighted by atomic mass is 16.2. The Morgan fingerprint density at radius 2 is 1.88 bits per heavy atom. The minimum atomic E-state index is 0.139. The molecule has 2 amide bonds. The average Bonchev–Trinajstić information content (AvgIpc) is 2.65. The van der Waals surface area contributed by atoms with E-state index in [0.29, 0.717) is 6.04 Å². The third kappa shape index (κ3) is 4.03. The fraction of sp³-hybridized carbons (Fsp3) is 0.923. The average molecular weight is 226 g/mol. The van der Waals surface area contributed by atoms with Crippen molar-refractivity contribution in [2.24, 2.45) is 0 Å². The summed E-state index contributed by atoms with van der Waals surface area (Å²) in [6, 6.07) is 0.573. The van der Waals surface area contributed by atoms with Crippen LogP contribution in [0.2, 0.25) is 0 Å². The molecule has 0 bridgehead atoms. The first-order valence-corrected chi connectivity index (χ1v) is 6.84. The summed E-state index contributed by atoms with van der Waals surface area (Å²) in [5.74, 6) is 0. The van der Waals surface area contributed by atoms with E-state index in [2.05, 4.69) is 19.2 Å². The molecule has 1 unspecified atom stereocenters. The lowest BCUT2D eigenvalue weighted by Crippen LogP contribution is -2.34. The molecule has 0 aromatic rings. The maximum atomic E-state index is 11.5. The van der Waals surface area contributed by atoms with Gasteiger partial charge in [0.25, 0.3) is 0 Å². The largest absolute Gasteiger partial charge is 0.336 e. The molecule has 1 aliphatic rings. The van der Waals surface area contributed by atoms with Gasteiger partial charge in [-0.05, 0) is 12.8 Å². The van der Waals surface area contributed by atoms with Gasteiger partial charge in [-0.25, -0.2) is 4.79 Å². The molecule has 16 heavy (non-hydrogen) atoms. The lowest BCUT2D eigenvalue weighted by molar-refractivity contribution is 0.201. The molecule has 1 fully saturated rings. The van der Waals surface area contributed by atoms with Crippen LogP contribution in [0.4, 0.5) is 4.79 Å². The van der Waals surface area contributed by atoms with Crippen molar-refractivity contribution in [1.82, 2.24) is 10.2 Å². The highest BCUT2D eigenvalue weighted by Crippen LogP contribution is 2.13. The van der Waals surface area contributed by atoms with E-state index >= 15 is 0 Å². The number of carbonyl (C=O) groups is 1. The summed E-state index contributed by atoms with van der Waals surface area (Å²) in [5.41, 5.74) is 0. The van der Waals surface area contributed by atoms with Crippen LogP contribution in [0.5, 0.6) is 0 Å². The van der Waals surface area contributed by atoms with Crippen molar-refractivity contribution in [2.45, 2.75) is 64.8 Å². The first-order valence-electron chi connectivity index (χ1n) is 6.84. The monoisotopic (exact) mass is 226 g/mol. The second-order valence-electron chi connectivity index (χ2n) is 4.71. The summed E-state index contributed by atoms with van der Waals surface area (Å²) in [4.78, 5) is 13.5. The van der Waals surface area contributed by atoms with Crippen molar-refractivity contribution < 1.29 is 4.79 Å². The van der Waals surface area contributed by atoms with Crippen LogP contribution < -0.4 is 5.32 Å². The molecular weight excluding hydrogens is 200 g/mol. The van der Waals surface area contributed by atoms with E-state index in [0.717, 1.165) is 25.9 Å². The van der Waals surface area contributed by atoms with Gasteiger partial charge in [-0.15, -0.1) is 0 Å². The Morgan fingerprint density at radius 3 is 2.56 bits per heavy atom. The Balaban J connectivity index is 2.09. The number of urea groups is 1. The number of hydrogen-bond donors (Lipinski definition) is 1. The lowest BCUT2D eigenvalue weighted by Gasteiger charge is -2.21. The van der Waals surface area contributed by atoms with Gasteiger partial charge in [-0.3, -0.25) is 0 Å². The Morgan fingerprint density at radius 1 is 1.19 bits per heavy atom. The molecule has 0 aromatic carbocycles. The van der Waals surface area contributed by atoms with Crippen molar-refractivity contribution in [1.29, 1.82) is 0 Å². The molecule has 1 heterocycles. The lowest BCUT2D eigenvalue weighted by atomic mass is 10.1. The molecule has 94 valence electrons. The molecule has 0 aliphatic carbocycles. The van der Waals surface area contributed by atoms with E-state index in [1.54, 1.807) is 0 Å². The number of amides is 2. The van der Waals surface area contributed by atoms with Crippen LogP contribution in [0, 0.1) is 0 Å². The molecule has 1 aliphatic heterocycles. The molecule has 1 saturated heterocycles. The van der Waals surface area contributed by atoms with Gasteiger partial charge in [0.15, 0.2) is 0 Å². The highest BCUT2D eigenvalue weighted by molar-refractivity contribution is 5.76. The molecule has 3 nitrogen and oxygen atoms in total. The number of unbranched alkanes of at least 4 members (excludes halogenated alkanes) is 5. The van der Waals surface area contributed by atoms with Gasteiger partial charge in [0, 0.05) is 13.1 Å². The van der Waals surface area contributed by atoms with Gasteiger partial charge in [-0.1, -0.05) is 46.0 Å². The minimum Gasteiger partial charge on any atom is -0.336 e. The Kier molecular flexibility index (Phi) is 6.27. The fourth-order valence-corrected chi connectivity index (χ4v) is 2.29. The SMILES string of the molecule is CCCCCCCCN1C(=O)NCC1CC. The molecule has 1 atom stereocenters. The number of nitrogens with zero attached hydrogens (tertiary/aromatic N) is 1.